The van der Waals surface area contributed by atoms with Crippen molar-refractivity contribution in [2.75, 3.05) is 26.2 Å². The van der Waals surface area contributed by atoms with Gasteiger partial charge in [-0.3, -0.25) is 9.59 Å². The average molecular weight is 498 g/mol. The number of pyridine rings is 1. The van der Waals surface area contributed by atoms with Crippen LogP contribution in [0.1, 0.15) is 30.1 Å². The lowest BCUT2D eigenvalue weighted by Crippen LogP contribution is -2.41. The van der Waals surface area contributed by atoms with E-state index in [2.05, 4.69) is 17.2 Å². The van der Waals surface area contributed by atoms with E-state index in [4.69, 9.17) is 9.47 Å². The van der Waals surface area contributed by atoms with Crippen LogP contribution in [0.4, 0.5) is 0 Å². The molecule has 2 aliphatic rings. The van der Waals surface area contributed by atoms with E-state index >= 15 is 0 Å². The van der Waals surface area contributed by atoms with Crippen molar-refractivity contribution in [3.05, 3.63) is 64.4 Å². The molecule has 0 unspecified atom stereocenters. The summed E-state index contributed by atoms with van der Waals surface area (Å²) in [5, 5.41) is 2.86. The second-order valence-electron chi connectivity index (χ2n) is 9.03. The SMILES string of the molecule is CC1CCN(S(=O)(=O)c2ccc3[nH]cc(C(=O)NC[C@H]4COc5ccccc5O4)c(=O)c3c2)CC1. The van der Waals surface area contributed by atoms with Gasteiger partial charge in [-0.2, -0.15) is 4.31 Å². The van der Waals surface area contributed by atoms with Gasteiger partial charge in [-0.1, -0.05) is 19.1 Å². The van der Waals surface area contributed by atoms with Crippen LogP contribution in [-0.4, -0.2) is 56.0 Å². The Balaban J connectivity index is 1.34. The van der Waals surface area contributed by atoms with Crippen LogP contribution in [-0.2, 0) is 10.0 Å². The largest absolute Gasteiger partial charge is 0.486 e. The van der Waals surface area contributed by atoms with Gasteiger partial charge in [0.25, 0.3) is 5.91 Å². The van der Waals surface area contributed by atoms with E-state index in [1.165, 1.54) is 22.6 Å². The number of sulfonamides is 1. The lowest BCUT2D eigenvalue weighted by Gasteiger charge is -2.29. The molecule has 2 aliphatic heterocycles. The fraction of sp³-hybridized carbons (Fsp3) is 0.360. The molecule has 1 fully saturated rings. The maximum absolute atomic E-state index is 13.1. The molecule has 1 aromatic heterocycles. The molecule has 9 nitrogen and oxygen atoms in total. The topological polar surface area (TPSA) is 118 Å². The van der Waals surface area contributed by atoms with Crippen LogP contribution in [0.2, 0.25) is 0 Å². The number of H-pyrrole nitrogens is 1. The number of ether oxygens (including phenoxy) is 2. The molecule has 0 spiro atoms. The summed E-state index contributed by atoms with van der Waals surface area (Å²) < 4.78 is 39.2. The maximum Gasteiger partial charge on any atom is 0.256 e. The van der Waals surface area contributed by atoms with Crippen LogP contribution in [0.5, 0.6) is 11.5 Å². The molecular weight excluding hydrogens is 470 g/mol. The molecule has 3 aromatic rings. The van der Waals surface area contributed by atoms with E-state index in [1.54, 1.807) is 18.2 Å². The summed E-state index contributed by atoms with van der Waals surface area (Å²) in [5.41, 5.74) is -0.180. The molecule has 10 heteroatoms. The van der Waals surface area contributed by atoms with E-state index in [0.717, 1.165) is 12.8 Å². The Labute approximate surface area is 203 Å². The van der Waals surface area contributed by atoms with Crippen molar-refractivity contribution in [1.82, 2.24) is 14.6 Å². The smallest absolute Gasteiger partial charge is 0.256 e. The monoisotopic (exact) mass is 497 g/mol. The average Bonchev–Trinajstić information content (AvgIpc) is 2.87. The van der Waals surface area contributed by atoms with Gasteiger partial charge in [-0.25, -0.2) is 8.42 Å². The molecule has 0 radical (unpaired) electrons. The van der Waals surface area contributed by atoms with Gasteiger partial charge in [0.05, 0.1) is 11.4 Å². The first-order valence-electron chi connectivity index (χ1n) is 11.6. The van der Waals surface area contributed by atoms with E-state index < -0.39 is 27.5 Å². The molecule has 0 saturated carbocycles. The predicted molar refractivity (Wildman–Crippen MR) is 130 cm³/mol. The Morgan fingerprint density at radius 1 is 1.14 bits per heavy atom. The highest BCUT2D eigenvalue weighted by Gasteiger charge is 2.29. The van der Waals surface area contributed by atoms with Gasteiger partial charge < -0.3 is 19.8 Å². The summed E-state index contributed by atoms with van der Waals surface area (Å²) >= 11 is 0. The molecule has 35 heavy (non-hydrogen) atoms. The fourth-order valence-electron chi connectivity index (χ4n) is 4.37. The van der Waals surface area contributed by atoms with E-state index in [0.29, 0.717) is 36.0 Å². The highest BCUT2D eigenvalue weighted by Crippen LogP contribution is 2.30. The van der Waals surface area contributed by atoms with Crippen molar-refractivity contribution in [2.24, 2.45) is 5.92 Å². The molecule has 3 heterocycles. The van der Waals surface area contributed by atoms with Crippen molar-refractivity contribution < 1.29 is 22.7 Å². The first-order chi connectivity index (χ1) is 16.8. The third-order valence-electron chi connectivity index (χ3n) is 6.54. The first kappa shape index (κ1) is 23.4. The normalized spacial score (nSPS) is 18.9. The summed E-state index contributed by atoms with van der Waals surface area (Å²) in [6.07, 6.45) is 2.55. The summed E-state index contributed by atoms with van der Waals surface area (Å²) in [6.45, 7) is 3.43. The molecular formula is C25H27N3O6S. The van der Waals surface area contributed by atoms with Gasteiger partial charge in [0, 0.05) is 30.2 Å². The number of rotatable bonds is 5. The van der Waals surface area contributed by atoms with Crippen LogP contribution in [0.3, 0.4) is 0 Å². The number of fused-ring (bicyclic) bond motifs is 2. The number of aromatic amines is 1. The molecule has 2 aromatic carbocycles. The quantitative estimate of drug-likeness (QED) is 0.559. The standard InChI is InChI=1S/C25H27N3O6S/c1-16-8-10-28(11-9-16)35(31,32)18-6-7-21-19(12-18)24(29)20(14-26-21)25(30)27-13-17-15-33-22-4-2-3-5-23(22)34-17/h2-7,12,14,16-17H,8-11,13,15H2,1H3,(H,26,29)(H,27,30)/t17-/m0/s1. The zero-order chi connectivity index (χ0) is 24.6. The van der Waals surface area contributed by atoms with E-state index in [1.807, 2.05) is 12.1 Å². The number of piperidine rings is 1. The molecule has 1 saturated heterocycles. The Hall–Kier alpha value is -3.37. The van der Waals surface area contributed by atoms with Crippen LogP contribution >= 0.6 is 0 Å². The summed E-state index contributed by atoms with van der Waals surface area (Å²) in [7, 11) is -3.73. The number of carbonyl (C=O) groups is 1. The van der Waals surface area contributed by atoms with Crippen molar-refractivity contribution in [2.45, 2.75) is 30.8 Å². The summed E-state index contributed by atoms with van der Waals surface area (Å²) in [4.78, 5) is 28.9. The van der Waals surface area contributed by atoms with Gasteiger partial charge in [-0.05, 0) is 49.1 Å². The Kier molecular flexibility index (Phi) is 6.24. The Bertz CT molecular complexity index is 1430. The predicted octanol–water partition coefficient (Wildman–Crippen LogP) is 2.52. The molecule has 1 atom stereocenters. The number of hydrogen-bond donors (Lipinski definition) is 2. The van der Waals surface area contributed by atoms with Gasteiger partial charge in [0.15, 0.2) is 11.5 Å². The van der Waals surface area contributed by atoms with Crippen LogP contribution < -0.4 is 20.2 Å². The number of nitrogens with zero attached hydrogens (tertiary/aromatic N) is 1. The fourth-order valence-corrected chi connectivity index (χ4v) is 5.86. The Morgan fingerprint density at radius 2 is 1.89 bits per heavy atom. The number of amides is 1. The lowest BCUT2D eigenvalue weighted by atomic mass is 10.0. The molecule has 184 valence electrons. The van der Waals surface area contributed by atoms with Crippen LogP contribution in [0.15, 0.2) is 58.4 Å². The first-order valence-corrected chi connectivity index (χ1v) is 13.1. The van der Waals surface area contributed by atoms with E-state index in [-0.39, 0.29) is 29.0 Å². The second-order valence-corrected chi connectivity index (χ2v) is 11.0. The van der Waals surface area contributed by atoms with Crippen molar-refractivity contribution in [3.8, 4) is 11.5 Å². The summed E-state index contributed by atoms with van der Waals surface area (Å²) in [6, 6.07) is 11.7. The third-order valence-corrected chi connectivity index (χ3v) is 8.43. The number of aromatic nitrogens is 1. The zero-order valence-corrected chi connectivity index (χ0v) is 20.1. The lowest BCUT2D eigenvalue weighted by molar-refractivity contribution is 0.0788. The highest BCUT2D eigenvalue weighted by molar-refractivity contribution is 7.89. The number of carbonyl (C=O) groups excluding carboxylic acids is 1. The number of para-hydroxylation sites is 2. The number of benzene rings is 2. The van der Waals surface area contributed by atoms with Crippen molar-refractivity contribution in [3.63, 3.8) is 0 Å². The van der Waals surface area contributed by atoms with Crippen molar-refractivity contribution in [1.29, 1.82) is 0 Å². The minimum absolute atomic E-state index is 0.0500. The second kappa shape index (κ2) is 9.35. The van der Waals surface area contributed by atoms with Crippen LogP contribution in [0.25, 0.3) is 10.9 Å². The minimum Gasteiger partial charge on any atom is -0.486 e. The maximum atomic E-state index is 13.1. The molecule has 2 N–H and O–H groups in total. The van der Waals surface area contributed by atoms with E-state index in [9.17, 15) is 18.0 Å². The van der Waals surface area contributed by atoms with Gasteiger partial charge in [-0.15, -0.1) is 0 Å². The van der Waals surface area contributed by atoms with Crippen molar-refractivity contribution >= 4 is 26.8 Å². The zero-order valence-electron chi connectivity index (χ0n) is 19.3. The number of hydrogen-bond acceptors (Lipinski definition) is 6. The summed E-state index contributed by atoms with van der Waals surface area (Å²) in [5.74, 6) is 1.15. The molecule has 1 amide bonds. The van der Waals surface area contributed by atoms with Gasteiger partial charge >= 0.3 is 0 Å². The Morgan fingerprint density at radius 3 is 2.66 bits per heavy atom. The number of nitrogens with one attached hydrogen (secondary N) is 2. The van der Waals surface area contributed by atoms with Gasteiger partial charge in [0.1, 0.15) is 18.3 Å². The molecule has 5 rings (SSSR count). The minimum atomic E-state index is -3.73. The molecule has 0 aliphatic carbocycles. The van der Waals surface area contributed by atoms with Gasteiger partial charge in [0.2, 0.25) is 15.5 Å². The third kappa shape index (κ3) is 4.63. The molecule has 0 bridgehead atoms. The van der Waals surface area contributed by atoms with Crippen LogP contribution in [0, 0.1) is 5.92 Å². The highest BCUT2D eigenvalue weighted by atomic mass is 32.2.